The Hall–Kier alpha value is -4.25. The van der Waals surface area contributed by atoms with Gasteiger partial charge in [-0.3, -0.25) is 4.79 Å². The molecule has 0 aliphatic rings. The lowest BCUT2D eigenvalue weighted by Gasteiger charge is -2.15. The van der Waals surface area contributed by atoms with Gasteiger partial charge in [0.1, 0.15) is 0 Å². The molecule has 0 unspecified atom stereocenters. The number of nitrogens with one attached hydrogen (secondary N) is 1. The maximum Gasteiger partial charge on any atom is 0.256 e. The van der Waals surface area contributed by atoms with E-state index in [2.05, 4.69) is 61.5 Å². The van der Waals surface area contributed by atoms with Crippen molar-refractivity contribution < 1.29 is 4.79 Å². The number of carbonyl (C=O) groups excluding carboxylic acids is 1. The third kappa shape index (κ3) is 4.65. The van der Waals surface area contributed by atoms with Crippen molar-refractivity contribution in [3.05, 3.63) is 107 Å². The number of para-hydroxylation sites is 2. The van der Waals surface area contributed by atoms with E-state index in [1.54, 1.807) is 0 Å². The topological polar surface area (TPSA) is 59.8 Å². The van der Waals surface area contributed by atoms with Crippen molar-refractivity contribution in [2.75, 3.05) is 5.32 Å². The van der Waals surface area contributed by atoms with Crippen LogP contribution in [-0.2, 0) is 6.42 Å². The van der Waals surface area contributed by atoms with Crippen LogP contribution in [0.4, 0.5) is 5.69 Å². The molecule has 186 valence electrons. The number of pyridine rings is 1. The fraction of sp³-hybridized carbons (Fsp3) is 0.219. The number of hydrogen-bond donors (Lipinski definition) is 1. The van der Waals surface area contributed by atoms with E-state index in [0.29, 0.717) is 11.5 Å². The zero-order chi connectivity index (χ0) is 26.1. The quantitative estimate of drug-likeness (QED) is 0.267. The molecular weight excluding hydrogens is 456 g/mol. The second-order valence-corrected chi connectivity index (χ2v) is 9.79. The molecule has 0 radical (unpaired) electrons. The molecule has 0 aliphatic heterocycles. The minimum atomic E-state index is -0.141. The van der Waals surface area contributed by atoms with Crippen molar-refractivity contribution in [2.24, 2.45) is 0 Å². The highest BCUT2D eigenvalue weighted by Gasteiger charge is 2.19. The number of aryl methyl sites for hydroxylation is 2. The summed E-state index contributed by atoms with van der Waals surface area (Å²) in [6.45, 7) is 10.5. The molecule has 3 aromatic carbocycles. The van der Waals surface area contributed by atoms with Gasteiger partial charge >= 0.3 is 0 Å². The van der Waals surface area contributed by atoms with Gasteiger partial charge in [0, 0.05) is 16.6 Å². The number of anilines is 1. The van der Waals surface area contributed by atoms with E-state index in [0.717, 1.165) is 56.8 Å². The molecule has 0 aliphatic carbocycles. The zero-order valence-electron chi connectivity index (χ0n) is 22.0. The summed E-state index contributed by atoms with van der Waals surface area (Å²) in [7, 11) is 0. The van der Waals surface area contributed by atoms with E-state index >= 15 is 0 Å². The Balaban J connectivity index is 1.57. The lowest BCUT2D eigenvalue weighted by atomic mass is 10.0. The van der Waals surface area contributed by atoms with Crippen LogP contribution in [-0.4, -0.2) is 20.7 Å². The SMILES string of the molecule is CCc1cccc(C)c1NC(=O)c1cc(-c2cnn(-c3ccc(C(C)C)cc3)c2C)nc2ccccc12. The van der Waals surface area contributed by atoms with Crippen molar-refractivity contribution in [2.45, 2.75) is 47.0 Å². The van der Waals surface area contributed by atoms with Crippen LogP contribution in [0, 0.1) is 13.8 Å². The fourth-order valence-electron chi connectivity index (χ4n) is 4.81. The van der Waals surface area contributed by atoms with Crippen molar-refractivity contribution in [1.29, 1.82) is 0 Å². The first-order chi connectivity index (χ1) is 17.9. The van der Waals surface area contributed by atoms with E-state index in [4.69, 9.17) is 4.98 Å². The lowest BCUT2D eigenvalue weighted by Crippen LogP contribution is -2.15. The van der Waals surface area contributed by atoms with E-state index in [-0.39, 0.29) is 5.91 Å². The summed E-state index contributed by atoms with van der Waals surface area (Å²) in [5.41, 5.74) is 9.31. The third-order valence-corrected chi connectivity index (χ3v) is 7.03. The van der Waals surface area contributed by atoms with Gasteiger partial charge < -0.3 is 5.32 Å². The predicted molar refractivity (Wildman–Crippen MR) is 152 cm³/mol. The van der Waals surface area contributed by atoms with E-state index in [9.17, 15) is 4.79 Å². The smallest absolute Gasteiger partial charge is 0.256 e. The van der Waals surface area contributed by atoms with Gasteiger partial charge in [0.15, 0.2) is 0 Å². The first-order valence-electron chi connectivity index (χ1n) is 12.8. The molecule has 1 N–H and O–H groups in total. The minimum Gasteiger partial charge on any atom is -0.321 e. The summed E-state index contributed by atoms with van der Waals surface area (Å²) < 4.78 is 1.93. The normalized spacial score (nSPS) is 11.3. The largest absolute Gasteiger partial charge is 0.321 e. The van der Waals surface area contributed by atoms with E-state index in [1.807, 2.05) is 67.2 Å². The summed E-state index contributed by atoms with van der Waals surface area (Å²) in [6.07, 6.45) is 2.68. The van der Waals surface area contributed by atoms with Gasteiger partial charge in [0.25, 0.3) is 5.91 Å². The Morgan fingerprint density at radius 3 is 2.46 bits per heavy atom. The maximum atomic E-state index is 13.7. The van der Waals surface area contributed by atoms with Gasteiger partial charge in [0.2, 0.25) is 0 Å². The van der Waals surface area contributed by atoms with Crippen LogP contribution in [0.5, 0.6) is 0 Å². The Labute approximate surface area is 218 Å². The summed E-state index contributed by atoms with van der Waals surface area (Å²) in [4.78, 5) is 18.6. The van der Waals surface area contributed by atoms with Gasteiger partial charge in [-0.15, -0.1) is 0 Å². The standard InChI is InChI=1S/C32H32N4O/c1-6-23-11-9-10-21(4)31(23)35-32(37)27-18-30(34-29-13-8-7-12-26(27)29)28-19-33-36(22(28)5)25-16-14-24(15-17-25)20(2)3/h7-20H,6H2,1-5H3,(H,35,37). The molecule has 2 aromatic heterocycles. The maximum absolute atomic E-state index is 13.7. The molecule has 37 heavy (non-hydrogen) atoms. The minimum absolute atomic E-state index is 0.141. The van der Waals surface area contributed by atoms with Crippen LogP contribution in [0.3, 0.4) is 0 Å². The molecule has 1 amide bonds. The number of fused-ring (bicyclic) bond motifs is 1. The molecule has 5 aromatic rings. The second kappa shape index (κ2) is 10.0. The first kappa shape index (κ1) is 24.4. The van der Waals surface area contributed by atoms with Gasteiger partial charge in [-0.1, -0.05) is 69.3 Å². The van der Waals surface area contributed by atoms with Crippen molar-refractivity contribution in [3.8, 4) is 16.9 Å². The van der Waals surface area contributed by atoms with Crippen LogP contribution in [0.2, 0.25) is 0 Å². The summed E-state index contributed by atoms with van der Waals surface area (Å²) in [5, 5.41) is 8.68. The molecule has 0 bridgehead atoms. The van der Waals surface area contributed by atoms with Crippen molar-refractivity contribution >= 4 is 22.5 Å². The molecule has 0 atom stereocenters. The third-order valence-electron chi connectivity index (χ3n) is 7.03. The summed E-state index contributed by atoms with van der Waals surface area (Å²) in [6, 6.07) is 24.3. The molecular formula is C32H32N4O. The summed E-state index contributed by atoms with van der Waals surface area (Å²) >= 11 is 0. The first-order valence-corrected chi connectivity index (χ1v) is 12.8. The number of nitrogens with zero attached hydrogens (tertiary/aromatic N) is 3. The number of hydrogen-bond acceptors (Lipinski definition) is 3. The van der Waals surface area contributed by atoms with Crippen LogP contribution in [0.1, 0.15) is 59.4 Å². The van der Waals surface area contributed by atoms with Crippen LogP contribution in [0.15, 0.2) is 79.0 Å². The monoisotopic (exact) mass is 488 g/mol. The highest BCUT2D eigenvalue weighted by molar-refractivity contribution is 6.13. The van der Waals surface area contributed by atoms with Gasteiger partial charge in [-0.2, -0.15) is 5.10 Å². The molecule has 0 saturated carbocycles. The number of amides is 1. The van der Waals surface area contributed by atoms with Crippen LogP contribution in [0.25, 0.3) is 27.8 Å². The number of benzene rings is 3. The molecule has 0 saturated heterocycles. The number of aromatic nitrogens is 3. The fourth-order valence-corrected chi connectivity index (χ4v) is 4.81. The molecule has 2 heterocycles. The molecule has 5 heteroatoms. The second-order valence-electron chi connectivity index (χ2n) is 9.79. The van der Waals surface area contributed by atoms with E-state index in [1.165, 1.54) is 5.56 Å². The van der Waals surface area contributed by atoms with Gasteiger partial charge in [-0.05, 0) is 67.1 Å². The lowest BCUT2D eigenvalue weighted by molar-refractivity contribution is 0.102. The molecule has 0 spiro atoms. The predicted octanol–water partition coefficient (Wildman–Crippen LogP) is 7.64. The van der Waals surface area contributed by atoms with Crippen molar-refractivity contribution in [3.63, 3.8) is 0 Å². The van der Waals surface area contributed by atoms with Crippen LogP contribution < -0.4 is 5.32 Å². The number of rotatable bonds is 6. The summed E-state index contributed by atoms with van der Waals surface area (Å²) in [5.74, 6) is 0.334. The highest BCUT2D eigenvalue weighted by Crippen LogP contribution is 2.30. The molecule has 5 rings (SSSR count). The Morgan fingerprint density at radius 1 is 0.973 bits per heavy atom. The Kier molecular flexibility index (Phi) is 6.62. The molecule has 5 nitrogen and oxygen atoms in total. The van der Waals surface area contributed by atoms with Crippen molar-refractivity contribution in [1.82, 2.24) is 14.8 Å². The molecule has 0 fully saturated rings. The highest BCUT2D eigenvalue weighted by atomic mass is 16.1. The zero-order valence-corrected chi connectivity index (χ0v) is 22.0. The number of carbonyl (C=O) groups is 1. The van der Waals surface area contributed by atoms with Gasteiger partial charge in [-0.25, -0.2) is 9.67 Å². The average Bonchev–Trinajstić information content (AvgIpc) is 3.30. The Morgan fingerprint density at radius 2 is 1.73 bits per heavy atom. The Bertz CT molecular complexity index is 1600. The van der Waals surface area contributed by atoms with E-state index < -0.39 is 0 Å². The van der Waals surface area contributed by atoms with Crippen LogP contribution >= 0.6 is 0 Å². The average molecular weight is 489 g/mol. The van der Waals surface area contributed by atoms with Gasteiger partial charge in [0.05, 0.1) is 34.4 Å².